The van der Waals surface area contributed by atoms with Gasteiger partial charge in [-0.05, 0) is 18.6 Å². The lowest BCUT2D eigenvalue weighted by molar-refractivity contribution is 0.0953. The van der Waals surface area contributed by atoms with Crippen LogP contribution in [0.3, 0.4) is 0 Å². The maximum atomic E-state index is 13.1. The molecule has 0 radical (unpaired) electrons. The van der Waals surface area contributed by atoms with Gasteiger partial charge in [0.05, 0.1) is 11.3 Å². The highest BCUT2D eigenvalue weighted by Gasteiger charge is 2.11. The standard InChI is InChI=1S/C12H17FN2O/c1-2-3-4-8-15-12(16)9-6-5-7-10(13)11(9)14/h5-7H,2-4,8,14H2,1H3,(H,15,16). The largest absolute Gasteiger partial charge is 0.396 e. The minimum Gasteiger partial charge on any atom is -0.396 e. The van der Waals surface area contributed by atoms with Crippen LogP contribution in [0.25, 0.3) is 0 Å². The van der Waals surface area contributed by atoms with Crippen molar-refractivity contribution in [3.05, 3.63) is 29.6 Å². The number of amides is 1. The molecule has 0 aliphatic heterocycles. The number of halogens is 1. The predicted molar refractivity (Wildman–Crippen MR) is 62.7 cm³/mol. The van der Waals surface area contributed by atoms with Gasteiger partial charge in [-0.3, -0.25) is 4.79 Å². The molecule has 0 heterocycles. The second-order valence-electron chi connectivity index (χ2n) is 3.66. The van der Waals surface area contributed by atoms with E-state index in [1.165, 1.54) is 18.2 Å². The topological polar surface area (TPSA) is 55.1 Å². The average molecular weight is 224 g/mol. The van der Waals surface area contributed by atoms with E-state index >= 15 is 0 Å². The SMILES string of the molecule is CCCCCNC(=O)c1cccc(F)c1N. The van der Waals surface area contributed by atoms with E-state index in [0.29, 0.717) is 6.54 Å². The van der Waals surface area contributed by atoms with Crippen molar-refractivity contribution in [2.24, 2.45) is 0 Å². The number of carbonyl (C=O) groups is 1. The molecule has 88 valence electrons. The van der Waals surface area contributed by atoms with Crippen molar-refractivity contribution in [2.45, 2.75) is 26.2 Å². The van der Waals surface area contributed by atoms with Gasteiger partial charge in [-0.1, -0.05) is 25.8 Å². The number of para-hydroxylation sites is 1. The molecule has 0 aliphatic rings. The van der Waals surface area contributed by atoms with Crippen molar-refractivity contribution in [3.63, 3.8) is 0 Å². The van der Waals surface area contributed by atoms with Crippen LogP contribution in [-0.2, 0) is 0 Å². The lowest BCUT2D eigenvalue weighted by Gasteiger charge is -2.07. The van der Waals surface area contributed by atoms with Crippen LogP contribution in [0, 0.1) is 5.82 Å². The zero-order valence-electron chi connectivity index (χ0n) is 9.42. The van der Waals surface area contributed by atoms with Crippen LogP contribution < -0.4 is 11.1 Å². The summed E-state index contributed by atoms with van der Waals surface area (Å²) in [6, 6.07) is 4.24. The van der Waals surface area contributed by atoms with Gasteiger partial charge in [0.1, 0.15) is 5.82 Å². The second-order valence-corrected chi connectivity index (χ2v) is 3.66. The lowest BCUT2D eigenvalue weighted by Crippen LogP contribution is -2.25. The van der Waals surface area contributed by atoms with Crippen molar-refractivity contribution in [1.29, 1.82) is 0 Å². The van der Waals surface area contributed by atoms with Crippen LogP contribution in [-0.4, -0.2) is 12.5 Å². The van der Waals surface area contributed by atoms with Crippen LogP contribution in [0.15, 0.2) is 18.2 Å². The first-order valence-corrected chi connectivity index (χ1v) is 5.49. The molecular formula is C12H17FN2O. The summed E-state index contributed by atoms with van der Waals surface area (Å²) in [6.45, 7) is 2.69. The smallest absolute Gasteiger partial charge is 0.253 e. The summed E-state index contributed by atoms with van der Waals surface area (Å²) in [4.78, 5) is 11.6. The molecule has 0 unspecified atom stereocenters. The first-order valence-electron chi connectivity index (χ1n) is 5.49. The first-order chi connectivity index (χ1) is 7.66. The van der Waals surface area contributed by atoms with E-state index in [1.807, 2.05) is 0 Å². The third kappa shape index (κ3) is 3.22. The number of unbranched alkanes of at least 4 members (excludes halogenated alkanes) is 2. The van der Waals surface area contributed by atoms with Gasteiger partial charge in [-0.15, -0.1) is 0 Å². The Balaban J connectivity index is 2.56. The highest BCUT2D eigenvalue weighted by atomic mass is 19.1. The molecule has 16 heavy (non-hydrogen) atoms. The van der Waals surface area contributed by atoms with E-state index in [1.54, 1.807) is 0 Å². The van der Waals surface area contributed by atoms with Crippen LogP contribution in [0.2, 0.25) is 0 Å². The molecule has 0 saturated heterocycles. The van der Waals surface area contributed by atoms with E-state index in [0.717, 1.165) is 19.3 Å². The van der Waals surface area contributed by atoms with Crippen molar-refractivity contribution >= 4 is 11.6 Å². The van der Waals surface area contributed by atoms with Gasteiger partial charge in [0.2, 0.25) is 0 Å². The molecule has 1 amide bonds. The second kappa shape index (κ2) is 6.10. The van der Waals surface area contributed by atoms with Gasteiger partial charge in [-0.2, -0.15) is 0 Å². The highest BCUT2D eigenvalue weighted by molar-refractivity contribution is 5.99. The molecule has 1 aromatic carbocycles. The molecule has 1 aromatic rings. The van der Waals surface area contributed by atoms with Crippen molar-refractivity contribution in [1.82, 2.24) is 5.32 Å². The molecule has 4 heteroatoms. The maximum Gasteiger partial charge on any atom is 0.253 e. The van der Waals surface area contributed by atoms with E-state index in [2.05, 4.69) is 12.2 Å². The number of nitrogens with one attached hydrogen (secondary N) is 1. The number of nitrogens with two attached hydrogens (primary N) is 1. The van der Waals surface area contributed by atoms with E-state index in [9.17, 15) is 9.18 Å². The van der Waals surface area contributed by atoms with Crippen molar-refractivity contribution in [3.8, 4) is 0 Å². The summed E-state index contributed by atoms with van der Waals surface area (Å²) in [5.74, 6) is -0.866. The maximum absolute atomic E-state index is 13.1. The molecule has 0 bridgehead atoms. The van der Waals surface area contributed by atoms with E-state index in [-0.39, 0.29) is 17.2 Å². The number of nitrogen functional groups attached to an aromatic ring is 1. The fraction of sp³-hybridized carbons (Fsp3) is 0.417. The zero-order chi connectivity index (χ0) is 12.0. The van der Waals surface area contributed by atoms with E-state index in [4.69, 9.17) is 5.73 Å². The Hall–Kier alpha value is -1.58. The summed E-state index contributed by atoms with van der Waals surface area (Å²) < 4.78 is 13.1. The Morgan fingerprint density at radius 1 is 1.44 bits per heavy atom. The highest BCUT2D eigenvalue weighted by Crippen LogP contribution is 2.15. The molecule has 0 aromatic heterocycles. The molecule has 0 fully saturated rings. The molecule has 3 N–H and O–H groups in total. The third-order valence-corrected chi connectivity index (χ3v) is 2.36. The molecular weight excluding hydrogens is 207 g/mol. The Labute approximate surface area is 94.8 Å². The van der Waals surface area contributed by atoms with Crippen LogP contribution in [0.1, 0.15) is 36.5 Å². The Morgan fingerprint density at radius 3 is 2.88 bits per heavy atom. The molecule has 0 aliphatic carbocycles. The van der Waals surface area contributed by atoms with Gasteiger partial charge < -0.3 is 11.1 Å². The molecule has 0 spiro atoms. The summed E-state index contributed by atoms with van der Waals surface area (Å²) in [5, 5.41) is 2.72. The molecule has 1 rings (SSSR count). The van der Waals surface area contributed by atoms with Gasteiger partial charge in [0, 0.05) is 6.54 Å². The van der Waals surface area contributed by atoms with Crippen molar-refractivity contribution < 1.29 is 9.18 Å². The number of rotatable bonds is 5. The summed E-state index contributed by atoms with van der Waals surface area (Å²) in [5.41, 5.74) is 5.60. The Morgan fingerprint density at radius 2 is 2.19 bits per heavy atom. The van der Waals surface area contributed by atoms with E-state index < -0.39 is 5.82 Å². The fourth-order valence-corrected chi connectivity index (χ4v) is 1.41. The minimum absolute atomic E-state index is 0.0875. The summed E-state index contributed by atoms with van der Waals surface area (Å²) in [6.07, 6.45) is 3.09. The van der Waals surface area contributed by atoms with Crippen LogP contribution in [0.4, 0.5) is 10.1 Å². The van der Waals surface area contributed by atoms with Gasteiger partial charge in [-0.25, -0.2) is 4.39 Å². The quantitative estimate of drug-likeness (QED) is 0.595. The number of anilines is 1. The minimum atomic E-state index is -0.554. The summed E-state index contributed by atoms with van der Waals surface area (Å²) >= 11 is 0. The monoisotopic (exact) mass is 224 g/mol. The Kier molecular flexibility index (Phi) is 4.76. The summed E-state index contributed by atoms with van der Waals surface area (Å²) in [7, 11) is 0. The Bertz CT molecular complexity index is 366. The normalized spacial score (nSPS) is 10.1. The predicted octanol–water partition coefficient (Wildman–Crippen LogP) is 2.33. The number of benzene rings is 1. The average Bonchev–Trinajstić information content (AvgIpc) is 2.28. The van der Waals surface area contributed by atoms with Crippen molar-refractivity contribution in [2.75, 3.05) is 12.3 Å². The zero-order valence-corrected chi connectivity index (χ0v) is 9.42. The van der Waals surface area contributed by atoms with Crippen LogP contribution >= 0.6 is 0 Å². The third-order valence-electron chi connectivity index (χ3n) is 2.36. The van der Waals surface area contributed by atoms with Gasteiger partial charge in [0.25, 0.3) is 5.91 Å². The van der Waals surface area contributed by atoms with Gasteiger partial charge in [0.15, 0.2) is 0 Å². The molecule has 3 nitrogen and oxygen atoms in total. The fourth-order valence-electron chi connectivity index (χ4n) is 1.41. The number of hydrogen-bond acceptors (Lipinski definition) is 2. The number of carbonyl (C=O) groups excluding carboxylic acids is 1. The van der Waals surface area contributed by atoms with Crippen LogP contribution in [0.5, 0.6) is 0 Å². The van der Waals surface area contributed by atoms with Gasteiger partial charge >= 0.3 is 0 Å². The molecule has 0 atom stereocenters. The first kappa shape index (κ1) is 12.5. The number of hydrogen-bond donors (Lipinski definition) is 2. The lowest BCUT2D eigenvalue weighted by atomic mass is 10.1. The molecule has 0 saturated carbocycles.